The molecule has 2 aliphatic heterocycles. The molecular weight excluding hydrogens is 358 g/mol. The predicted molar refractivity (Wildman–Crippen MR) is 94.4 cm³/mol. The van der Waals surface area contributed by atoms with Crippen molar-refractivity contribution in [1.29, 1.82) is 0 Å². The summed E-state index contributed by atoms with van der Waals surface area (Å²) < 4.78 is 31.2. The van der Waals surface area contributed by atoms with Crippen LogP contribution in [0, 0.1) is 6.92 Å². The van der Waals surface area contributed by atoms with Crippen LogP contribution in [-0.2, 0) is 14.9 Å². The summed E-state index contributed by atoms with van der Waals surface area (Å²) in [6.07, 6.45) is 0. The van der Waals surface area contributed by atoms with Crippen molar-refractivity contribution < 1.29 is 23.1 Å². The van der Waals surface area contributed by atoms with E-state index >= 15 is 0 Å². The summed E-state index contributed by atoms with van der Waals surface area (Å²) in [5.74, 6) is 0.995. The van der Waals surface area contributed by atoms with Crippen molar-refractivity contribution in [3.8, 4) is 0 Å². The molecule has 0 unspecified atom stereocenters. The van der Waals surface area contributed by atoms with Crippen LogP contribution in [0.2, 0.25) is 0 Å². The second-order valence-electron chi connectivity index (χ2n) is 5.84. The van der Waals surface area contributed by atoms with E-state index in [2.05, 4.69) is 9.89 Å². The highest BCUT2D eigenvalue weighted by Crippen LogP contribution is 2.24. The molecule has 0 saturated heterocycles. The van der Waals surface area contributed by atoms with Crippen LogP contribution in [0.15, 0.2) is 45.7 Å². The van der Waals surface area contributed by atoms with Gasteiger partial charge in [-0.3, -0.25) is 0 Å². The molecule has 0 radical (unpaired) electrons. The lowest BCUT2D eigenvalue weighted by Crippen LogP contribution is -2.95. The molecule has 9 nitrogen and oxygen atoms in total. The van der Waals surface area contributed by atoms with Gasteiger partial charge in [-0.25, -0.2) is 18.5 Å². The molecule has 10 heteroatoms. The van der Waals surface area contributed by atoms with E-state index in [1.54, 1.807) is 12.1 Å². The van der Waals surface area contributed by atoms with E-state index in [1.165, 1.54) is 17.4 Å². The number of rotatable bonds is 3. The van der Waals surface area contributed by atoms with E-state index in [4.69, 9.17) is 5.73 Å². The zero-order valence-corrected chi connectivity index (χ0v) is 15.8. The van der Waals surface area contributed by atoms with Gasteiger partial charge in [-0.15, -0.1) is 0 Å². The molecule has 0 spiro atoms. The number of carbonyl (C=O) groups excluding carboxylic acids is 1. The van der Waals surface area contributed by atoms with Crippen molar-refractivity contribution in [2.75, 3.05) is 19.8 Å². The molecule has 2 heterocycles. The zero-order valence-electron chi connectivity index (χ0n) is 15.0. The maximum Gasteiger partial charge on any atom is 0.370 e. The Hall–Kier alpha value is -2.43. The molecule has 0 fully saturated rings. The van der Waals surface area contributed by atoms with Gasteiger partial charge in [0.15, 0.2) is 11.5 Å². The van der Waals surface area contributed by atoms with Crippen LogP contribution in [0.3, 0.4) is 0 Å². The summed E-state index contributed by atoms with van der Waals surface area (Å²) in [6, 6.07) is 5.78. The van der Waals surface area contributed by atoms with Crippen molar-refractivity contribution >= 4 is 22.0 Å². The third-order valence-electron chi connectivity index (χ3n) is 3.99. The number of likely N-dealkylation sites (N-methyl/N-ethyl adjacent to an activating group) is 1. The minimum Gasteiger partial charge on any atom is -0.744 e. The van der Waals surface area contributed by atoms with Crippen LogP contribution in [0.4, 0.5) is 0 Å². The number of carbonyl (C=O) groups is 1. The Kier molecular flexibility index (Phi) is 6.01. The maximum absolute atomic E-state index is 11.8. The molecule has 2 aliphatic rings. The average Bonchev–Trinajstić information content (AvgIpc) is 2.93. The third kappa shape index (κ3) is 4.40. The predicted octanol–water partition coefficient (Wildman–Crippen LogP) is -0.912. The van der Waals surface area contributed by atoms with Gasteiger partial charge in [0.1, 0.15) is 10.1 Å². The number of nitrogens with two attached hydrogens (primary N) is 2. The van der Waals surface area contributed by atoms with E-state index in [0.29, 0.717) is 11.7 Å². The minimum atomic E-state index is -4.27. The first kappa shape index (κ1) is 19.9. The Balaban J connectivity index is 0.000000197. The second kappa shape index (κ2) is 7.85. The van der Waals surface area contributed by atoms with Crippen LogP contribution in [0.25, 0.3) is 0 Å². The van der Waals surface area contributed by atoms with Crippen molar-refractivity contribution in [3.63, 3.8) is 0 Å². The summed E-state index contributed by atoms with van der Waals surface area (Å²) >= 11 is 0. The molecule has 0 atom stereocenters. The summed E-state index contributed by atoms with van der Waals surface area (Å²) in [4.78, 5) is 19.9. The smallest absolute Gasteiger partial charge is 0.370 e. The summed E-state index contributed by atoms with van der Waals surface area (Å²) in [6.45, 7) is 8.26. The van der Waals surface area contributed by atoms with Crippen LogP contribution in [-0.4, -0.2) is 54.4 Å². The van der Waals surface area contributed by atoms with Crippen LogP contribution in [0.5, 0.6) is 0 Å². The Labute approximate surface area is 152 Å². The molecule has 0 aromatic heterocycles. The van der Waals surface area contributed by atoms with Gasteiger partial charge >= 0.3 is 11.9 Å². The normalized spacial score (nSPS) is 16.9. The second-order valence-corrected chi connectivity index (χ2v) is 7.22. The Morgan fingerprint density at radius 3 is 2.27 bits per heavy atom. The first-order valence-corrected chi connectivity index (χ1v) is 9.58. The van der Waals surface area contributed by atoms with Crippen LogP contribution >= 0.6 is 0 Å². The largest absolute Gasteiger partial charge is 0.744 e. The highest BCUT2D eigenvalue weighted by atomic mass is 32.2. The van der Waals surface area contributed by atoms with Crippen molar-refractivity contribution in [2.24, 2.45) is 10.7 Å². The van der Waals surface area contributed by atoms with Gasteiger partial charge < -0.3 is 20.1 Å². The molecule has 26 heavy (non-hydrogen) atoms. The number of amides is 1. The fraction of sp³-hybridized carbons (Fsp3) is 0.375. The lowest BCUT2D eigenvalue weighted by Gasteiger charge is -2.19. The van der Waals surface area contributed by atoms with E-state index in [0.717, 1.165) is 31.1 Å². The third-order valence-corrected chi connectivity index (χ3v) is 4.84. The summed E-state index contributed by atoms with van der Waals surface area (Å²) in [5.41, 5.74) is 7.20. The first-order valence-electron chi connectivity index (χ1n) is 8.17. The number of aliphatic imine (C=N–C) groups is 1. The molecule has 0 bridgehead atoms. The van der Waals surface area contributed by atoms with Gasteiger partial charge in [0.25, 0.3) is 0 Å². The number of nitrogens with zero attached hydrogens (tertiary/aromatic N) is 3. The molecule has 1 amide bonds. The molecule has 1 aromatic carbocycles. The highest BCUT2D eigenvalue weighted by molar-refractivity contribution is 7.85. The molecular formula is C16H23N5O4S. The standard InChI is InChI=1S/C9H15N5O.C7H8O3S/c1-3-13-5-14(4-2)7-6(13)8(15)12-9(10)11-7;1-6-2-4-7(5-3-6)11(8,9)10/h3-5H2,1-2H3,(H3,10,11,12,15);2-5H,1H3,(H,8,9,10). The van der Waals surface area contributed by atoms with E-state index < -0.39 is 10.1 Å². The minimum absolute atomic E-state index is 0.0321. The van der Waals surface area contributed by atoms with Crippen molar-refractivity contribution in [1.82, 2.24) is 9.80 Å². The van der Waals surface area contributed by atoms with Gasteiger partial charge in [0, 0.05) is 13.1 Å². The van der Waals surface area contributed by atoms with E-state index in [-0.39, 0.29) is 10.8 Å². The SMILES string of the molecule is CCN1CN(CC)C2=C1N=C(N)[NH2+]C2=O.Cc1ccc(S(=O)(=O)[O-])cc1. The van der Waals surface area contributed by atoms with Crippen molar-refractivity contribution in [3.05, 3.63) is 41.3 Å². The summed E-state index contributed by atoms with van der Waals surface area (Å²) in [7, 11) is -4.27. The Morgan fingerprint density at radius 1 is 1.19 bits per heavy atom. The molecule has 3 rings (SSSR count). The van der Waals surface area contributed by atoms with E-state index in [1.807, 2.05) is 25.7 Å². The van der Waals surface area contributed by atoms with Crippen molar-refractivity contribution in [2.45, 2.75) is 25.7 Å². The van der Waals surface area contributed by atoms with Crippen LogP contribution in [0.1, 0.15) is 19.4 Å². The fourth-order valence-electron chi connectivity index (χ4n) is 2.59. The average molecular weight is 381 g/mol. The lowest BCUT2D eigenvalue weighted by atomic mass is 10.2. The Bertz CT molecular complexity index is 846. The van der Waals surface area contributed by atoms with E-state index in [9.17, 15) is 17.8 Å². The van der Waals surface area contributed by atoms with Gasteiger partial charge in [-0.1, -0.05) is 17.7 Å². The van der Waals surface area contributed by atoms with Gasteiger partial charge in [0.2, 0.25) is 0 Å². The number of hydrogen-bond acceptors (Lipinski definition) is 8. The number of guanidine groups is 1. The molecule has 142 valence electrons. The quantitative estimate of drug-likeness (QED) is 0.647. The van der Waals surface area contributed by atoms with Gasteiger partial charge in [0.05, 0.1) is 11.6 Å². The van der Waals surface area contributed by atoms with Gasteiger partial charge in [-0.05, 0) is 32.9 Å². The Morgan fingerprint density at radius 2 is 1.77 bits per heavy atom. The topological polar surface area (TPSA) is 136 Å². The number of benzene rings is 1. The van der Waals surface area contributed by atoms with Gasteiger partial charge in [-0.2, -0.15) is 4.99 Å². The van der Waals surface area contributed by atoms with Crippen LogP contribution < -0.4 is 11.1 Å². The molecule has 4 N–H and O–H groups in total. The number of primary amides is 1. The summed E-state index contributed by atoms with van der Waals surface area (Å²) in [5, 5.41) is 1.39. The lowest BCUT2D eigenvalue weighted by molar-refractivity contribution is -0.452. The number of aryl methyl sites for hydroxylation is 1. The highest BCUT2D eigenvalue weighted by Gasteiger charge is 2.38. The monoisotopic (exact) mass is 381 g/mol. The molecule has 1 aromatic rings. The zero-order chi connectivity index (χ0) is 19.5. The fourth-order valence-corrected chi connectivity index (χ4v) is 3.06. The number of quaternary nitrogens is 1. The maximum atomic E-state index is 11.8. The number of hydrogen-bond donors (Lipinski definition) is 2. The molecule has 0 saturated carbocycles. The first-order chi connectivity index (χ1) is 12.2. The molecule has 0 aliphatic carbocycles.